The molecule has 5 nitrogen and oxygen atoms in total. The minimum Gasteiger partial charge on any atom is -0.472 e. The molecule has 0 radical (unpaired) electrons. The number of benzene rings is 1. The van der Waals surface area contributed by atoms with Crippen molar-refractivity contribution in [2.45, 2.75) is 6.92 Å². The van der Waals surface area contributed by atoms with Gasteiger partial charge in [0.25, 0.3) is 5.91 Å². The van der Waals surface area contributed by atoms with Gasteiger partial charge in [-0.05, 0) is 30.7 Å². The number of aryl methyl sites for hydroxylation is 1. The number of nitrogens with zero attached hydrogens (tertiary/aromatic N) is 1. The van der Waals surface area contributed by atoms with Gasteiger partial charge in [-0.3, -0.25) is 10.1 Å². The van der Waals surface area contributed by atoms with Gasteiger partial charge in [0.1, 0.15) is 6.26 Å². The minimum atomic E-state index is -0.349. The molecule has 0 atom stereocenters. The van der Waals surface area contributed by atoms with Gasteiger partial charge in [0.2, 0.25) is 5.96 Å². The Labute approximate surface area is 104 Å². The highest BCUT2D eigenvalue weighted by molar-refractivity contribution is 6.05. The average molecular weight is 243 g/mol. The number of hydrogen-bond donors (Lipinski definition) is 2. The summed E-state index contributed by atoms with van der Waals surface area (Å²) in [6.45, 7) is 1.96. The van der Waals surface area contributed by atoms with E-state index in [0.29, 0.717) is 11.3 Å². The van der Waals surface area contributed by atoms with Crippen molar-refractivity contribution in [3.8, 4) is 0 Å². The molecule has 2 rings (SSSR count). The fourth-order valence-corrected chi connectivity index (χ4v) is 1.45. The maximum absolute atomic E-state index is 11.6. The maximum Gasteiger partial charge on any atom is 0.261 e. The van der Waals surface area contributed by atoms with Gasteiger partial charge in [-0.2, -0.15) is 0 Å². The standard InChI is InChI=1S/C13H13N3O2/c1-9-3-2-4-11(7-9)15-13(14)16-12(17)10-5-6-18-8-10/h2-8H,1H3,(H3,14,15,16,17). The van der Waals surface area contributed by atoms with E-state index in [4.69, 9.17) is 10.2 Å². The number of furan rings is 1. The Hall–Kier alpha value is -2.56. The minimum absolute atomic E-state index is 0.0480. The van der Waals surface area contributed by atoms with Gasteiger partial charge in [0.05, 0.1) is 17.5 Å². The van der Waals surface area contributed by atoms with Crippen molar-refractivity contribution in [1.82, 2.24) is 5.32 Å². The summed E-state index contributed by atoms with van der Waals surface area (Å²) < 4.78 is 4.81. The number of nitrogens with two attached hydrogens (primary N) is 1. The monoisotopic (exact) mass is 243 g/mol. The van der Waals surface area contributed by atoms with Crippen LogP contribution in [0, 0.1) is 6.92 Å². The summed E-state index contributed by atoms with van der Waals surface area (Å²) in [5.41, 5.74) is 7.82. The Morgan fingerprint density at radius 3 is 2.89 bits per heavy atom. The van der Waals surface area contributed by atoms with E-state index < -0.39 is 0 Å². The van der Waals surface area contributed by atoms with Gasteiger partial charge in [-0.25, -0.2) is 4.99 Å². The van der Waals surface area contributed by atoms with Crippen LogP contribution in [0.2, 0.25) is 0 Å². The van der Waals surface area contributed by atoms with Crippen LogP contribution in [0.4, 0.5) is 5.69 Å². The third-order valence-electron chi connectivity index (χ3n) is 2.28. The van der Waals surface area contributed by atoms with Crippen molar-refractivity contribution in [3.05, 3.63) is 54.0 Å². The molecule has 0 saturated heterocycles. The molecule has 1 aromatic heterocycles. The summed E-state index contributed by atoms with van der Waals surface area (Å²) in [4.78, 5) is 15.7. The third kappa shape index (κ3) is 2.98. The molecule has 0 fully saturated rings. The predicted octanol–water partition coefficient (Wildman–Crippen LogP) is 1.96. The molecule has 0 unspecified atom stereocenters. The zero-order valence-electron chi connectivity index (χ0n) is 9.88. The Morgan fingerprint density at radius 2 is 2.22 bits per heavy atom. The summed E-state index contributed by atoms with van der Waals surface area (Å²) >= 11 is 0. The highest BCUT2D eigenvalue weighted by Crippen LogP contribution is 2.12. The number of guanidine groups is 1. The van der Waals surface area contributed by atoms with Crippen molar-refractivity contribution in [1.29, 1.82) is 0 Å². The van der Waals surface area contributed by atoms with Crippen LogP contribution in [0.5, 0.6) is 0 Å². The van der Waals surface area contributed by atoms with Crippen LogP contribution in [0.3, 0.4) is 0 Å². The lowest BCUT2D eigenvalue weighted by Crippen LogP contribution is -2.36. The van der Waals surface area contributed by atoms with Gasteiger partial charge in [-0.1, -0.05) is 12.1 Å². The SMILES string of the molecule is Cc1cccc(N=C(N)NC(=O)c2ccoc2)c1. The molecule has 1 amide bonds. The maximum atomic E-state index is 11.6. The molecule has 0 saturated carbocycles. The Kier molecular flexibility index (Phi) is 3.43. The van der Waals surface area contributed by atoms with Crippen molar-refractivity contribution in [2.75, 3.05) is 0 Å². The number of aliphatic imine (C=N–C) groups is 1. The number of carbonyl (C=O) groups is 1. The molecule has 0 aliphatic rings. The van der Waals surface area contributed by atoms with Crippen molar-refractivity contribution >= 4 is 17.6 Å². The van der Waals surface area contributed by atoms with Crippen LogP contribution in [0.25, 0.3) is 0 Å². The van der Waals surface area contributed by atoms with Crippen LogP contribution in [-0.2, 0) is 0 Å². The first-order chi connectivity index (χ1) is 8.65. The molecule has 0 aliphatic carbocycles. The topological polar surface area (TPSA) is 80.6 Å². The smallest absolute Gasteiger partial charge is 0.261 e. The van der Waals surface area contributed by atoms with Crippen LogP contribution in [-0.4, -0.2) is 11.9 Å². The van der Waals surface area contributed by atoms with Gasteiger partial charge >= 0.3 is 0 Å². The van der Waals surface area contributed by atoms with Gasteiger partial charge < -0.3 is 10.2 Å². The van der Waals surface area contributed by atoms with Crippen LogP contribution >= 0.6 is 0 Å². The largest absolute Gasteiger partial charge is 0.472 e. The second kappa shape index (κ2) is 5.18. The second-order valence-corrected chi connectivity index (χ2v) is 3.80. The summed E-state index contributed by atoms with van der Waals surface area (Å²) in [6.07, 6.45) is 2.76. The molecule has 0 spiro atoms. The molecule has 0 bridgehead atoms. The number of rotatable bonds is 2. The summed E-state index contributed by atoms with van der Waals surface area (Å²) in [6, 6.07) is 9.06. The first kappa shape index (κ1) is 11.9. The third-order valence-corrected chi connectivity index (χ3v) is 2.28. The van der Waals surface area contributed by atoms with Crippen molar-refractivity contribution < 1.29 is 9.21 Å². The van der Waals surface area contributed by atoms with Crippen molar-refractivity contribution in [2.24, 2.45) is 10.7 Å². The van der Waals surface area contributed by atoms with Gasteiger partial charge in [-0.15, -0.1) is 0 Å². The lowest BCUT2D eigenvalue weighted by Gasteiger charge is -2.02. The number of amides is 1. The molecule has 2 aromatic rings. The quantitative estimate of drug-likeness (QED) is 0.625. The molecular formula is C13H13N3O2. The number of nitrogens with one attached hydrogen (secondary N) is 1. The van der Waals surface area contributed by atoms with E-state index in [2.05, 4.69) is 10.3 Å². The van der Waals surface area contributed by atoms with Gasteiger partial charge in [0.15, 0.2) is 0 Å². The molecule has 18 heavy (non-hydrogen) atoms. The van der Waals surface area contributed by atoms with Crippen molar-refractivity contribution in [3.63, 3.8) is 0 Å². The lowest BCUT2D eigenvalue weighted by molar-refractivity contribution is 0.0976. The molecule has 3 N–H and O–H groups in total. The molecular weight excluding hydrogens is 230 g/mol. The molecule has 1 heterocycles. The van der Waals surface area contributed by atoms with E-state index in [-0.39, 0.29) is 11.9 Å². The molecule has 0 aliphatic heterocycles. The van der Waals surface area contributed by atoms with E-state index in [0.717, 1.165) is 5.56 Å². The predicted molar refractivity (Wildman–Crippen MR) is 68.6 cm³/mol. The van der Waals surface area contributed by atoms with E-state index in [1.807, 2.05) is 31.2 Å². The molecule has 5 heteroatoms. The fraction of sp³-hybridized carbons (Fsp3) is 0.0769. The van der Waals surface area contributed by atoms with E-state index in [1.54, 1.807) is 6.07 Å². The summed E-state index contributed by atoms with van der Waals surface area (Å²) in [5.74, 6) is -0.301. The Morgan fingerprint density at radius 1 is 1.39 bits per heavy atom. The summed E-state index contributed by atoms with van der Waals surface area (Å²) in [5, 5.41) is 2.48. The van der Waals surface area contributed by atoms with Gasteiger partial charge in [0, 0.05) is 0 Å². The fourth-order valence-electron chi connectivity index (χ4n) is 1.45. The lowest BCUT2D eigenvalue weighted by atomic mass is 10.2. The Balaban J connectivity index is 2.08. The van der Waals surface area contributed by atoms with Crippen LogP contribution in [0.15, 0.2) is 52.3 Å². The van der Waals surface area contributed by atoms with E-state index in [9.17, 15) is 4.79 Å². The van der Waals surface area contributed by atoms with Crippen LogP contribution in [0.1, 0.15) is 15.9 Å². The molecule has 92 valence electrons. The molecule has 1 aromatic carbocycles. The van der Waals surface area contributed by atoms with E-state index in [1.165, 1.54) is 12.5 Å². The highest BCUT2D eigenvalue weighted by Gasteiger charge is 2.07. The number of hydrogen-bond acceptors (Lipinski definition) is 3. The summed E-state index contributed by atoms with van der Waals surface area (Å²) in [7, 11) is 0. The van der Waals surface area contributed by atoms with Crippen LogP contribution < -0.4 is 11.1 Å². The average Bonchev–Trinajstić information content (AvgIpc) is 2.81. The highest BCUT2D eigenvalue weighted by atomic mass is 16.3. The normalized spacial score (nSPS) is 11.3. The zero-order chi connectivity index (χ0) is 13.0. The number of carbonyl (C=O) groups excluding carboxylic acids is 1. The first-order valence-electron chi connectivity index (χ1n) is 5.39. The zero-order valence-corrected chi connectivity index (χ0v) is 9.88. The van der Waals surface area contributed by atoms with E-state index >= 15 is 0 Å². The second-order valence-electron chi connectivity index (χ2n) is 3.80. The Bertz CT molecular complexity index is 574. The first-order valence-corrected chi connectivity index (χ1v) is 5.39.